The number of carbonyl (C=O) groups is 1. The third-order valence-corrected chi connectivity index (χ3v) is 7.96. The van der Waals surface area contributed by atoms with Crippen molar-refractivity contribution in [3.63, 3.8) is 0 Å². The van der Waals surface area contributed by atoms with E-state index in [1.54, 1.807) is 6.92 Å². The molecule has 40 heavy (non-hydrogen) atoms. The number of aryl methyl sites for hydroxylation is 1. The van der Waals surface area contributed by atoms with Crippen LogP contribution in [0.4, 0.5) is 4.39 Å². The summed E-state index contributed by atoms with van der Waals surface area (Å²) >= 11 is 1.10. The van der Waals surface area contributed by atoms with E-state index >= 15 is 0 Å². The van der Waals surface area contributed by atoms with Crippen molar-refractivity contribution in [2.24, 2.45) is 0 Å². The number of aromatic nitrogens is 5. The van der Waals surface area contributed by atoms with Gasteiger partial charge in [0.1, 0.15) is 39.6 Å². The van der Waals surface area contributed by atoms with Crippen molar-refractivity contribution in [3.05, 3.63) is 68.4 Å². The molecule has 0 saturated heterocycles. The fraction of sp³-hybridized carbons (Fsp3) is 0.423. The number of ketones is 1. The van der Waals surface area contributed by atoms with Crippen LogP contribution in [0.3, 0.4) is 0 Å². The topological polar surface area (TPSA) is 151 Å². The zero-order valence-corrected chi connectivity index (χ0v) is 23.3. The van der Waals surface area contributed by atoms with Crippen LogP contribution >= 0.6 is 11.3 Å². The minimum atomic E-state index is -1.69. The molecule has 0 aliphatic rings. The quantitative estimate of drug-likeness (QED) is 0.241. The van der Waals surface area contributed by atoms with Gasteiger partial charge < -0.3 is 19.7 Å². The smallest absolute Gasteiger partial charge is 0.333 e. The van der Waals surface area contributed by atoms with Crippen molar-refractivity contribution in [1.82, 2.24) is 24.1 Å². The Morgan fingerprint density at radius 2 is 1.90 bits per heavy atom. The van der Waals surface area contributed by atoms with Crippen molar-refractivity contribution in [2.75, 3.05) is 26.9 Å². The molecule has 3 aromatic heterocycles. The van der Waals surface area contributed by atoms with Crippen molar-refractivity contribution in [2.45, 2.75) is 45.4 Å². The molecule has 12 nitrogen and oxygen atoms in total. The number of halogens is 1. The Morgan fingerprint density at radius 3 is 2.52 bits per heavy atom. The van der Waals surface area contributed by atoms with Crippen LogP contribution in [-0.2, 0) is 21.6 Å². The van der Waals surface area contributed by atoms with Crippen LogP contribution in [0.2, 0.25) is 0 Å². The lowest BCUT2D eigenvalue weighted by molar-refractivity contribution is -0.129. The van der Waals surface area contributed by atoms with Gasteiger partial charge in [-0.1, -0.05) is 11.3 Å². The van der Waals surface area contributed by atoms with Crippen molar-refractivity contribution in [1.29, 1.82) is 0 Å². The molecule has 0 unspecified atom stereocenters. The van der Waals surface area contributed by atoms with E-state index in [0.717, 1.165) is 15.9 Å². The van der Waals surface area contributed by atoms with Crippen LogP contribution in [-0.4, -0.2) is 67.1 Å². The number of thiophene rings is 1. The standard InChI is InChI=1S/C26H30FN5O7S/c1-15-21-22(36)31(26(2,3)20(35)14-34)25(37)30(24(21)40-23(15)32-28-8-9-29-32)13-19(39-11-5-10-33)17-12-16(27)6-7-18(17)38-4/h6-9,12,19,33-34H,5,10-11,13-14H2,1-4H3/t19-/m0/s1. The molecular formula is C26H30FN5O7S. The lowest BCUT2D eigenvalue weighted by atomic mass is 9.99. The summed E-state index contributed by atoms with van der Waals surface area (Å²) in [4.78, 5) is 42.2. The van der Waals surface area contributed by atoms with Gasteiger partial charge in [-0.3, -0.25) is 14.2 Å². The normalized spacial score (nSPS) is 12.7. The summed E-state index contributed by atoms with van der Waals surface area (Å²) in [5.41, 5.74) is -2.43. The van der Waals surface area contributed by atoms with Gasteiger partial charge in [-0.25, -0.2) is 13.8 Å². The second-order valence-electron chi connectivity index (χ2n) is 9.53. The van der Waals surface area contributed by atoms with Gasteiger partial charge in [0, 0.05) is 24.3 Å². The summed E-state index contributed by atoms with van der Waals surface area (Å²) < 4.78 is 27.9. The number of benzene rings is 1. The lowest BCUT2D eigenvalue weighted by Gasteiger charge is -2.27. The summed E-state index contributed by atoms with van der Waals surface area (Å²) in [6.07, 6.45) is 2.27. The highest BCUT2D eigenvalue weighted by atomic mass is 32.1. The predicted molar refractivity (Wildman–Crippen MR) is 145 cm³/mol. The number of methoxy groups -OCH3 is 1. The Balaban J connectivity index is 2.03. The molecule has 2 N–H and O–H groups in total. The molecule has 0 amide bonds. The van der Waals surface area contributed by atoms with Gasteiger partial charge in [-0.15, -0.1) is 4.80 Å². The molecule has 3 heterocycles. The van der Waals surface area contributed by atoms with E-state index in [0.29, 0.717) is 21.9 Å². The maximum absolute atomic E-state index is 14.4. The Hall–Kier alpha value is -3.72. The molecule has 1 atom stereocenters. The highest BCUT2D eigenvalue weighted by molar-refractivity contribution is 7.21. The molecule has 4 aromatic rings. The number of hydrogen-bond acceptors (Lipinski definition) is 10. The minimum absolute atomic E-state index is 0.0821. The first kappa shape index (κ1) is 29.3. The molecule has 0 spiro atoms. The molecule has 4 rings (SSSR count). The van der Waals surface area contributed by atoms with Gasteiger partial charge in [0.05, 0.1) is 31.4 Å². The van der Waals surface area contributed by atoms with Gasteiger partial charge in [-0.05, 0) is 45.4 Å². The largest absolute Gasteiger partial charge is 0.496 e. The summed E-state index contributed by atoms with van der Waals surface area (Å²) in [7, 11) is 1.42. The zero-order chi connectivity index (χ0) is 29.2. The number of aliphatic hydroxyl groups is 2. The Morgan fingerprint density at radius 1 is 1.20 bits per heavy atom. The van der Waals surface area contributed by atoms with E-state index in [-0.39, 0.29) is 36.4 Å². The van der Waals surface area contributed by atoms with E-state index in [4.69, 9.17) is 9.47 Å². The minimum Gasteiger partial charge on any atom is -0.496 e. The fourth-order valence-corrected chi connectivity index (χ4v) is 5.69. The van der Waals surface area contributed by atoms with E-state index in [1.807, 2.05) is 0 Å². The molecule has 14 heteroatoms. The van der Waals surface area contributed by atoms with Gasteiger partial charge in [0.25, 0.3) is 5.56 Å². The molecular weight excluding hydrogens is 545 g/mol. The third kappa shape index (κ3) is 5.22. The number of carbonyl (C=O) groups excluding carboxylic acids is 1. The average molecular weight is 576 g/mol. The van der Waals surface area contributed by atoms with Crippen LogP contribution in [0, 0.1) is 12.7 Å². The molecule has 0 bridgehead atoms. The van der Waals surface area contributed by atoms with Crippen LogP contribution in [0.1, 0.15) is 37.5 Å². The third-order valence-electron chi connectivity index (χ3n) is 6.68. The molecule has 0 saturated carbocycles. The van der Waals surface area contributed by atoms with Crippen LogP contribution in [0.15, 0.2) is 40.2 Å². The van der Waals surface area contributed by atoms with E-state index in [1.165, 1.54) is 60.9 Å². The summed E-state index contributed by atoms with van der Waals surface area (Å²) in [6, 6.07) is 3.90. The highest BCUT2D eigenvalue weighted by Gasteiger charge is 2.35. The van der Waals surface area contributed by atoms with E-state index in [2.05, 4.69) is 10.2 Å². The average Bonchev–Trinajstić information content (AvgIpc) is 3.57. The number of rotatable bonds is 12. The molecule has 0 radical (unpaired) electrons. The molecule has 0 fully saturated rings. The zero-order valence-electron chi connectivity index (χ0n) is 22.5. The molecule has 0 aliphatic heterocycles. The SMILES string of the molecule is COc1ccc(F)cc1[C@H](Cn1c(=O)n(C(C)(C)C(=O)CO)c(=O)c2c(C)c(-n3nccn3)sc21)OCCCO. The maximum Gasteiger partial charge on any atom is 0.333 e. The summed E-state index contributed by atoms with van der Waals surface area (Å²) in [6.45, 7) is 3.30. The number of Topliss-reactive ketones (excluding diaryl/α,β-unsaturated/α-hetero) is 1. The van der Waals surface area contributed by atoms with E-state index < -0.39 is 41.1 Å². The van der Waals surface area contributed by atoms with Crippen LogP contribution < -0.4 is 16.0 Å². The predicted octanol–water partition coefficient (Wildman–Crippen LogP) is 1.70. The summed E-state index contributed by atoms with van der Waals surface area (Å²) in [5, 5.41) is 27.9. The number of hydrogen-bond donors (Lipinski definition) is 2. The van der Waals surface area contributed by atoms with Gasteiger partial charge >= 0.3 is 5.69 Å². The second kappa shape index (κ2) is 11.8. The first-order valence-electron chi connectivity index (χ1n) is 12.4. The van der Waals surface area contributed by atoms with Crippen molar-refractivity contribution in [3.8, 4) is 10.8 Å². The lowest BCUT2D eigenvalue weighted by Crippen LogP contribution is -2.53. The van der Waals surface area contributed by atoms with Crippen molar-refractivity contribution < 1.29 is 28.9 Å². The Bertz CT molecular complexity index is 1640. The van der Waals surface area contributed by atoms with E-state index in [9.17, 15) is 29.0 Å². The monoisotopic (exact) mass is 575 g/mol. The first-order chi connectivity index (χ1) is 19.1. The molecule has 1 aromatic carbocycles. The van der Waals surface area contributed by atoms with Crippen LogP contribution in [0.25, 0.3) is 15.2 Å². The molecule has 0 aliphatic carbocycles. The number of ether oxygens (including phenoxy) is 2. The second-order valence-corrected chi connectivity index (χ2v) is 10.5. The summed E-state index contributed by atoms with van der Waals surface area (Å²) in [5.74, 6) is -0.975. The Labute approximate surface area is 231 Å². The van der Waals surface area contributed by atoms with Crippen molar-refractivity contribution >= 4 is 27.3 Å². The fourth-order valence-electron chi connectivity index (χ4n) is 4.47. The van der Waals surface area contributed by atoms with Crippen LogP contribution in [0.5, 0.6) is 5.75 Å². The number of fused-ring (bicyclic) bond motifs is 1. The highest BCUT2D eigenvalue weighted by Crippen LogP contribution is 2.34. The van der Waals surface area contributed by atoms with Gasteiger partial charge in [0.15, 0.2) is 5.78 Å². The molecule has 214 valence electrons. The Kier molecular flexibility index (Phi) is 8.63. The number of aliphatic hydroxyl groups excluding tert-OH is 2. The maximum atomic E-state index is 14.4. The van der Waals surface area contributed by atoms with Gasteiger partial charge in [-0.2, -0.15) is 10.2 Å². The van der Waals surface area contributed by atoms with Gasteiger partial charge in [0.2, 0.25) is 0 Å². The number of nitrogens with zero attached hydrogens (tertiary/aromatic N) is 5. The first-order valence-corrected chi connectivity index (χ1v) is 13.2.